The van der Waals surface area contributed by atoms with Gasteiger partial charge in [0.2, 0.25) is 5.78 Å². The van der Waals surface area contributed by atoms with Gasteiger partial charge in [-0.3, -0.25) is 4.79 Å². The summed E-state index contributed by atoms with van der Waals surface area (Å²) in [4.78, 5) is 11.1. The molecule has 0 aliphatic carbocycles. The van der Waals surface area contributed by atoms with E-state index in [0.717, 1.165) is 12.1 Å². The summed E-state index contributed by atoms with van der Waals surface area (Å²) >= 11 is 1.20. The Morgan fingerprint density at radius 3 is 2.37 bits per heavy atom. The predicted molar refractivity (Wildman–Crippen MR) is 62.0 cm³/mol. The summed E-state index contributed by atoms with van der Waals surface area (Å²) in [5.74, 6) is -3.20. The quantitative estimate of drug-likeness (QED) is 0.441. The number of carbonyl (C=O) groups excluding carboxylic acids is 1. The Labute approximate surface area is 111 Å². The van der Waals surface area contributed by atoms with Gasteiger partial charge >= 0.3 is 6.18 Å². The van der Waals surface area contributed by atoms with Crippen molar-refractivity contribution < 1.29 is 26.7 Å². The molecule has 0 fully saturated rings. The minimum absolute atomic E-state index is 0.120. The average Bonchev–Trinajstić information content (AvgIpc) is 2.31. The molecule has 0 aliphatic heterocycles. The molecule has 0 saturated heterocycles. The average molecular weight is 298 g/mol. The number of unbranched alkanes of at least 4 members (excludes halogenated alkanes) is 1. The molecule has 106 valence electrons. The molecule has 0 heterocycles. The summed E-state index contributed by atoms with van der Waals surface area (Å²) in [7, 11) is 0. The molecule has 0 unspecified atom stereocenters. The maximum Gasteiger partial charge on any atom is 0.449 e. The van der Waals surface area contributed by atoms with Gasteiger partial charge in [0.25, 0.3) is 0 Å². The van der Waals surface area contributed by atoms with Crippen molar-refractivity contribution in [3.8, 4) is 0 Å². The molecular weight excluding hydrogens is 287 g/mol. The summed E-state index contributed by atoms with van der Waals surface area (Å²) in [6.45, 7) is 0. The van der Waals surface area contributed by atoms with Gasteiger partial charge in [-0.15, -0.1) is 11.8 Å². The number of halogens is 5. The molecule has 0 aliphatic rings. The van der Waals surface area contributed by atoms with Crippen LogP contribution >= 0.6 is 11.8 Å². The largest absolute Gasteiger partial charge is 0.449 e. The minimum Gasteiger partial charge on any atom is -0.290 e. The standard InChI is InChI=1S/C12H11F5OS/c13-9-5-4-8(7-10(9)14)19-6-2-1-3-11(18)12(15,16)17/h4-5,7H,1-3,6H2. The maximum absolute atomic E-state index is 12.8. The summed E-state index contributed by atoms with van der Waals surface area (Å²) in [6.07, 6.45) is -4.80. The highest BCUT2D eigenvalue weighted by Gasteiger charge is 2.36. The fraction of sp³-hybridized carbons (Fsp3) is 0.417. The molecule has 0 atom stereocenters. The van der Waals surface area contributed by atoms with E-state index in [0.29, 0.717) is 17.1 Å². The molecular formula is C12H11F5OS. The molecule has 0 spiro atoms. The van der Waals surface area contributed by atoms with Gasteiger partial charge in [-0.2, -0.15) is 13.2 Å². The number of thioether (sulfide) groups is 1. The summed E-state index contributed by atoms with van der Waals surface area (Å²) in [5, 5.41) is 0. The van der Waals surface area contributed by atoms with E-state index in [-0.39, 0.29) is 6.42 Å². The third kappa shape index (κ3) is 5.59. The molecule has 0 bridgehead atoms. The van der Waals surface area contributed by atoms with Crippen molar-refractivity contribution in [2.75, 3.05) is 5.75 Å². The highest BCUT2D eigenvalue weighted by Crippen LogP contribution is 2.23. The van der Waals surface area contributed by atoms with Crippen LogP contribution in [0.5, 0.6) is 0 Å². The number of alkyl halides is 3. The smallest absolute Gasteiger partial charge is 0.290 e. The number of benzene rings is 1. The first-order valence-electron chi connectivity index (χ1n) is 5.48. The Morgan fingerprint density at radius 2 is 1.79 bits per heavy atom. The monoisotopic (exact) mass is 298 g/mol. The fourth-order valence-electron chi connectivity index (χ4n) is 1.29. The van der Waals surface area contributed by atoms with Crippen molar-refractivity contribution in [2.45, 2.75) is 30.3 Å². The molecule has 1 aromatic rings. The van der Waals surface area contributed by atoms with Crippen molar-refractivity contribution in [1.82, 2.24) is 0 Å². The summed E-state index contributed by atoms with van der Waals surface area (Å²) < 4.78 is 61.1. The summed E-state index contributed by atoms with van der Waals surface area (Å²) in [6, 6.07) is 3.41. The van der Waals surface area contributed by atoms with Crippen molar-refractivity contribution in [3.63, 3.8) is 0 Å². The van der Waals surface area contributed by atoms with Gasteiger partial charge < -0.3 is 0 Å². The lowest BCUT2D eigenvalue weighted by Gasteiger charge is -2.05. The second-order valence-electron chi connectivity index (χ2n) is 3.80. The molecule has 1 nitrogen and oxygen atoms in total. The van der Waals surface area contributed by atoms with E-state index in [2.05, 4.69) is 0 Å². The minimum atomic E-state index is -4.77. The zero-order valence-electron chi connectivity index (χ0n) is 9.77. The summed E-state index contributed by atoms with van der Waals surface area (Å²) in [5.41, 5.74) is 0. The lowest BCUT2D eigenvalue weighted by Crippen LogP contribution is -2.22. The molecule has 7 heteroatoms. The second-order valence-corrected chi connectivity index (χ2v) is 4.97. The van der Waals surface area contributed by atoms with Gasteiger partial charge in [-0.1, -0.05) is 0 Å². The number of ketones is 1. The van der Waals surface area contributed by atoms with E-state index in [1.54, 1.807) is 0 Å². The predicted octanol–water partition coefficient (Wildman–Crippen LogP) is 4.36. The number of carbonyl (C=O) groups is 1. The molecule has 1 aromatic carbocycles. The molecule has 0 amide bonds. The van der Waals surface area contributed by atoms with Crippen LogP contribution in [-0.2, 0) is 4.79 Å². The first kappa shape index (κ1) is 15.9. The van der Waals surface area contributed by atoms with Crippen LogP contribution in [0.25, 0.3) is 0 Å². The van der Waals surface area contributed by atoms with Crippen molar-refractivity contribution in [2.24, 2.45) is 0 Å². The van der Waals surface area contributed by atoms with Gasteiger partial charge in [0.1, 0.15) is 0 Å². The third-order valence-corrected chi connectivity index (χ3v) is 3.35. The van der Waals surface area contributed by atoms with E-state index in [1.165, 1.54) is 17.8 Å². The van der Waals surface area contributed by atoms with Crippen LogP contribution in [0.3, 0.4) is 0 Å². The van der Waals surface area contributed by atoms with Gasteiger partial charge in [-0.05, 0) is 36.8 Å². The highest BCUT2D eigenvalue weighted by atomic mass is 32.2. The first-order chi connectivity index (χ1) is 8.80. The third-order valence-electron chi connectivity index (χ3n) is 2.27. The Balaban J connectivity index is 2.24. The zero-order valence-corrected chi connectivity index (χ0v) is 10.6. The molecule has 0 radical (unpaired) electrons. The van der Waals surface area contributed by atoms with Crippen LogP contribution in [0.1, 0.15) is 19.3 Å². The molecule has 1 rings (SSSR count). The number of hydrogen-bond donors (Lipinski definition) is 0. The van der Waals surface area contributed by atoms with E-state index in [4.69, 9.17) is 0 Å². The Morgan fingerprint density at radius 1 is 1.11 bits per heavy atom. The lowest BCUT2D eigenvalue weighted by atomic mass is 10.2. The zero-order chi connectivity index (χ0) is 14.5. The molecule has 0 aromatic heterocycles. The van der Waals surface area contributed by atoms with Gasteiger partial charge in [0, 0.05) is 11.3 Å². The molecule has 0 saturated carbocycles. The lowest BCUT2D eigenvalue weighted by molar-refractivity contribution is -0.171. The van der Waals surface area contributed by atoms with Crippen molar-refractivity contribution >= 4 is 17.5 Å². The van der Waals surface area contributed by atoms with E-state index in [9.17, 15) is 26.7 Å². The number of rotatable bonds is 6. The second kappa shape index (κ2) is 6.88. The van der Waals surface area contributed by atoms with Crippen LogP contribution < -0.4 is 0 Å². The number of hydrogen-bond acceptors (Lipinski definition) is 2. The molecule has 0 N–H and O–H groups in total. The Hall–Kier alpha value is -1.11. The normalized spacial score (nSPS) is 11.6. The van der Waals surface area contributed by atoms with Gasteiger partial charge in [-0.25, -0.2) is 8.78 Å². The first-order valence-corrected chi connectivity index (χ1v) is 6.47. The van der Waals surface area contributed by atoms with Gasteiger partial charge in [0.15, 0.2) is 11.6 Å². The topological polar surface area (TPSA) is 17.1 Å². The van der Waals surface area contributed by atoms with Crippen LogP contribution in [0.15, 0.2) is 23.1 Å². The van der Waals surface area contributed by atoms with Crippen LogP contribution in [0.2, 0.25) is 0 Å². The van der Waals surface area contributed by atoms with Crippen LogP contribution in [-0.4, -0.2) is 17.7 Å². The van der Waals surface area contributed by atoms with E-state index >= 15 is 0 Å². The Kier molecular flexibility index (Phi) is 5.78. The maximum atomic E-state index is 12.8. The van der Waals surface area contributed by atoms with Crippen LogP contribution in [0, 0.1) is 11.6 Å². The van der Waals surface area contributed by atoms with E-state index < -0.39 is 30.0 Å². The van der Waals surface area contributed by atoms with Crippen molar-refractivity contribution in [1.29, 1.82) is 0 Å². The SMILES string of the molecule is O=C(CCCCSc1ccc(F)c(F)c1)C(F)(F)F. The Bertz CT molecular complexity index is 444. The molecule has 19 heavy (non-hydrogen) atoms. The van der Waals surface area contributed by atoms with E-state index in [1.807, 2.05) is 0 Å². The van der Waals surface area contributed by atoms with Crippen molar-refractivity contribution in [3.05, 3.63) is 29.8 Å². The number of Topliss-reactive ketones (excluding diaryl/α,β-unsaturated/α-hetero) is 1. The fourth-order valence-corrected chi connectivity index (χ4v) is 2.22. The van der Waals surface area contributed by atoms with Gasteiger partial charge in [0.05, 0.1) is 0 Å². The van der Waals surface area contributed by atoms with Crippen LogP contribution in [0.4, 0.5) is 22.0 Å². The highest BCUT2D eigenvalue weighted by molar-refractivity contribution is 7.99.